The van der Waals surface area contributed by atoms with Crippen LogP contribution in [-0.2, 0) is 0 Å². The first-order valence-electron chi connectivity index (χ1n) is 6.34. The van der Waals surface area contributed by atoms with Crippen molar-refractivity contribution in [1.82, 2.24) is 4.98 Å². The van der Waals surface area contributed by atoms with Crippen LogP contribution in [0.15, 0.2) is 30.3 Å². The minimum absolute atomic E-state index is 0.148. The van der Waals surface area contributed by atoms with Crippen LogP contribution in [0.5, 0.6) is 5.75 Å². The van der Waals surface area contributed by atoms with Crippen molar-refractivity contribution in [2.24, 2.45) is 11.5 Å². The number of hydrogen-bond donors (Lipinski definition) is 4. The molecule has 0 aliphatic carbocycles. The quantitative estimate of drug-likeness (QED) is 0.669. The lowest BCUT2D eigenvalue weighted by molar-refractivity contribution is 0.100. The van der Waals surface area contributed by atoms with Crippen LogP contribution in [0.2, 0.25) is 0 Å². The summed E-state index contributed by atoms with van der Waals surface area (Å²) >= 11 is 0. The first kappa shape index (κ1) is 14.4. The van der Waals surface area contributed by atoms with Crippen LogP contribution >= 0.6 is 0 Å². The Balaban J connectivity index is 2.50. The number of rotatable bonds is 5. The Morgan fingerprint density at radius 2 is 2.00 bits per heavy atom. The van der Waals surface area contributed by atoms with E-state index in [4.69, 9.17) is 16.2 Å². The summed E-state index contributed by atoms with van der Waals surface area (Å²) in [6, 6.07) is 8.08. The lowest BCUT2D eigenvalue weighted by Gasteiger charge is -2.08. The summed E-state index contributed by atoms with van der Waals surface area (Å²) in [5, 5.41) is 2.34. The van der Waals surface area contributed by atoms with Gasteiger partial charge >= 0.3 is 6.03 Å². The van der Waals surface area contributed by atoms with Gasteiger partial charge in [0.15, 0.2) is 0 Å². The van der Waals surface area contributed by atoms with Crippen molar-refractivity contribution in [3.8, 4) is 17.0 Å². The standard InChI is InChI=1S/C14H16N4O3/c1-2-21-11-6-4-3-5-8(11)10-7-9(12(15)19)13(17-10)18-14(16)20/h3-7,17H,2H2,1H3,(H2,15,19)(H3,16,18,20). The predicted octanol–water partition coefficient (Wildman–Crippen LogP) is 1.67. The zero-order valence-corrected chi connectivity index (χ0v) is 11.5. The van der Waals surface area contributed by atoms with Crippen LogP contribution in [0.4, 0.5) is 10.6 Å². The molecular formula is C14H16N4O3. The maximum atomic E-state index is 11.4. The molecule has 1 aromatic heterocycles. The molecule has 6 N–H and O–H groups in total. The third-order valence-corrected chi connectivity index (χ3v) is 2.81. The molecule has 0 radical (unpaired) electrons. The number of benzene rings is 1. The third kappa shape index (κ3) is 3.14. The van der Waals surface area contributed by atoms with E-state index in [-0.39, 0.29) is 11.4 Å². The molecule has 0 saturated carbocycles. The van der Waals surface area contributed by atoms with Crippen LogP contribution < -0.4 is 21.5 Å². The predicted molar refractivity (Wildman–Crippen MR) is 79.1 cm³/mol. The zero-order chi connectivity index (χ0) is 15.4. The third-order valence-electron chi connectivity index (χ3n) is 2.81. The fourth-order valence-corrected chi connectivity index (χ4v) is 1.99. The summed E-state index contributed by atoms with van der Waals surface area (Å²) in [6.07, 6.45) is 0. The van der Waals surface area contributed by atoms with Gasteiger partial charge in [-0.25, -0.2) is 4.79 Å². The van der Waals surface area contributed by atoms with Gasteiger partial charge in [0, 0.05) is 5.56 Å². The van der Waals surface area contributed by atoms with E-state index in [2.05, 4.69) is 10.3 Å². The Labute approximate surface area is 121 Å². The second-order valence-corrected chi connectivity index (χ2v) is 4.25. The number of urea groups is 1. The van der Waals surface area contributed by atoms with Crippen molar-refractivity contribution in [3.05, 3.63) is 35.9 Å². The Kier molecular flexibility index (Phi) is 4.13. The van der Waals surface area contributed by atoms with E-state index < -0.39 is 11.9 Å². The van der Waals surface area contributed by atoms with Gasteiger partial charge in [0.05, 0.1) is 17.9 Å². The minimum atomic E-state index is -0.788. The van der Waals surface area contributed by atoms with E-state index >= 15 is 0 Å². The van der Waals surface area contributed by atoms with Gasteiger partial charge in [0.25, 0.3) is 5.91 Å². The van der Waals surface area contributed by atoms with E-state index in [0.717, 1.165) is 5.56 Å². The van der Waals surface area contributed by atoms with E-state index in [1.165, 1.54) is 0 Å². The summed E-state index contributed by atoms with van der Waals surface area (Å²) in [5.74, 6) is 0.148. The molecule has 1 heterocycles. The van der Waals surface area contributed by atoms with Gasteiger partial charge in [-0.1, -0.05) is 12.1 Å². The van der Waals surface area contributed by atoms with Gasteiger partial charge in [-0.15, -0.1) is 0 Å². The number of aromatic nitrogens is 1. The van der Waals surface area contributed by atoms with Crippen LogP contribution in [-0.4, -0.2) is 23.5 Å². The highest BCUT2D eigenvalue weighted by atomic mass is 16.5. The molecule has 7 heteroatoms. The fraction of sp³-hybridized carbons (Fsp3) is 0.143. The maximum absolute atomic E-state index is 11.4. The molecule has 7 nitrogen and oxygen atoms in total. The van der Waals surface area contributed by atoms with E-state index in [1.807, 2.05) is 31.2 Å². The molecule has 1 aromatic carbocycles. The molecule has 110 valence electrons. The number of nitrogens with one attached hydrogen (secondary N) is 2. The van der Waals surface area contributed by atoms with Crippen molar-refractivity contribution >= 4 is 17.8 Å². The number of anilines is 1. The summed E-state index contributed by atoms with van der Waals surface area (Å²) in [5.41, 5.74) is 11.9. The average Bonchev–Trinajstić information content (AvgIpc) is 2.83. The van der Waals surface area contributed by atoms with Gasteiger partial charge < -0.3 is 21.2 Å². The highest BCUT2D eigenvalue weighted by molar-refractivity contribution is 6.03. The largest absolute Gasteiger partial charge is 0.493 e. The molecule has 0 saturated heterocycles. The van der Waals surface area contributed by atoms with Crippen LogP contribution in [0.25, 0.3) is 11.3 Å². The highest BCUT2D eigenvalue weighted by Crippen LogP contribution is 2.32. The number of aromatic amines is 1. The first-order valence-corrected chi connectivity index (χ1v) is 6.34. The van der Waals surface area contributed by atoms with Crippen molar-refractivity contribution in [1.29, 1.82) is 0 Å². The van der Waals surface area contributed by atoms with Crippen molar-refractivity contribution in [2.45, 2.75) is 6.92 Å². The fourth-order valence-electron chi connectivity index (χ4n) is 1.99. The van der Waals surface area contributed by atoms with Gasteiger partial charge in [-0.3, -0.25) is 10.1 Å². The molecule has 3 amide bonds. The number of ether oxygens (including phenoxy) is 1. The summed E-state index contributed by atoms with van der Waals surface area (Å²) in [4.78, 5) is 25.3. The number of carbonyl (C=O) groups is 2. The van der Waals surface area contributed by atoms with Crippen LogP contribution in [0.1, 0.15) is 17.3 Å². The molecule has 0 atom stereocenters. The van der Waals surface area contributed by atoms with Gasteiger partial charge in [0.1, 0.15) is 11.6 Å². The van der Waals surface area contributed by atoms with Gasteiger partial charge in [0.2, 0.25) is 0 Å². The summed E-state index contributed by atoms with van der Waals surface area (Å²) in [7, 11) is 0. The van der Waals surface area contributed by atoms with Crippen molar-refractivity contribution in [2.75, 3.05) is 11.9 Å². The molecular weight excluding hydrogens is 272 g/mol. The average molecular weight is 288 g/mol. The molecule has 0 unspecified atom stereocenters. The normalized spacial score (nSPS) is 10.1. The maximum Gasteiger partial charge on any atom is 0.317 e. The number of hydrogen-bond acceptors (Lipinski definition) is 3. The number of H-pyrrole nitrogens is 1. The molecule has 2 rings (SSSR count). The molecule has 0 aliphatic rings. The van der Waals surface area contributed by atoms with Crippen molar-refractivity contribution < 1.29 is 14.3 Å². The van der Waals surface area contributed by atoms with Crippen LogP contribution in [0, 0.1) is 0 Å². The minimum Gasteiger partial charge on any atom is -0.493 e. The molecule has 0 fully saturated rings. The number of nitrogens with two attached hydrogens (primary N) is 2. The molecule has 0 spiro atoms. The Bertz CT molecular complexity index is 679. The molecule has 0 bridgehead atoms. The molecule has 2 aromatic rings. The molecule has 0 aliphatic heterocycles. The smallest absolute Gasteiger partial charge is 0.317 e. The van der Waals surface area contributed by atoms with Gasteiger partial charge in [-0.05, 0) is 25.1 Å². The topological polar surface area (TPSA) is 123 Å². The SMILES string of the molecule is CCOc1ccccc1-c1cc(C(N)=O)c(NC(N)=O)[nH]1. The number of carbonyl (C=O) groups excluding carboxylic acids is 2. The lowest BCUT2D eigenvalue weighted by atomic mass is 10.1. The second kappa shape index (κ2) is 6.00. The summed E-state index contributed by atoms with van der Waals surface area (Å²) in [6.45, 7) is 2.38. The Hall–Kier alpha value is -2.96. The summed E-state index contributed by atoms with van der Waals surface area (Å²) < 4.78 is 5.53. The van der Waals surface area contributed by atoms with Crippen LogP contribution in [0.3, 0.4) is 0 Å². The number of amides is 3. The second-order valence-electron chi connectivity index (χ2n) is 4.25. The number of para-hydroxylation sites is 1. The van der Waals surface area contributed by atoms with E-state index in [0.29, 0.717) is 18.1 Å². The van der Waals surface area contributed by atoms with E-state index in [9.17, 15) is 9.59 Å². The van der Waals surface area contributed by atoms with Crippen molar-refractivity contribution in [3.63, 3.8) is 0 Å². The lowest BCUT2D eigenvalue weighted by Crippen LogP contribution is -2.22. The highest BCUT2D eigenvalue weighted by Gasteiger charge is 2.17. The Morgan fingerprint density at radius 3 is 2.62 bits per heavy atom. The molecule has 21 heavy (non-hydrogen) atoms. The zero-order valence-electron chi connectivity index (χ0n) is 11.5. The first-order chi connectivity index (χ1) is 10.0. The number of primary amides is 2. The van der Waals surface area contributed by atoms with Gasteiger partial charge in [-0.2, -0.15) is 0 Å². The Morgan fingerprint density at radius 1 is 1.29 bits per heavy atom. The van der Waals surface area contributed by atoms with E-state index in [1.54, 1.807) is 6.07 Å². The monoisotopic (exact) mass is 288 g/mol.